The van der Waals surface area contributed by atoms with Crippen molar-refractivity contribution in [2.45, 2.75) is 19.9 Å². The predicted molar refractivity (Wildman–Crippen MR) is 63.4 cm³/mol. The van der Waals surface area contributed by atoms with Gasteiger partial charge < -0.3 is 10.5 Å². The molecule has 0 spiro atoms. The van der Waals surface area contributed by atoms with Gasteiger partial charge in [-0.15, -0.1) is 0 Å². The summed E-state index contributed by atoms with van der Waals surface area (Å²) in [6.07, 6.45) is 0. The zero-order chi connectivity index (χ0) is 11.6. The molecule has 0 saturated heterocycles. The van der Waals surface area contributed by atoms with E-state index in [-0.39, 0.29) is 5.78 Å². The highest BCUT2D eigenvalue weighted by Crippen LogP contribution is 2.31. The number of nitrogens with two attached hydrogens (primary N) is 1. The first-order chi connectivity index (χ1) is 6.99. The van der Waals surface area contributed by atoms with Gasteiger partial charge in [-0.3, -0.25) is 4.79 Å². The Labute approximate surface area is 97.7 Å². The number of carbonyl (C=O) groups is 1. The standard InChI is InChI=1S/C11H14BrNO2/c1-6-4-5-8(15-3)10(12)9(6)11(14)7(2)13/h4-5,7H,13H2,1-3H3. The summed E-state index contributed by atoms with van der Waals surface area (Å²) in [4.78, 5) is 11.8. The van der Waals surface area contributed by atoms with E-state index < -0.39 is 6.04 Å². The van der Waals surface area contributed by atoms with Crippen molar-refractivity contribution >= 4 is 21.7 Å². The maximum absolute atomic E-state index is 11.8. The van der Waals surface area contributed by atoms with Crippen LogP contribution in [0.3, 0.4) is 0 Å². The number of hydrogen-bond donors (Lipinski definition) is 1. The highest BCUT2D eigenvalue weighted by Gasteiger charge is 2.19. The van der Waals surface area contributed by atoms with Gasteiger partial charge in [0.2, 0.25) is 0 Å². The molecule has 1 unspecified atom stereocenters. The molecule has 0 aromatic heterocycles. The molecule has 1 atom stereocenters. The van der Waals surface area contributed by atoms with Crippen molar-refractivity contribution in [1.82, 2.24) is 0 Å². The Bertz CT molecular complexity index is 388. The second kappa shape index (κ2) is 4.77. The molecule has 0 aliphatic rings. The van der Waals surface area contributed by atoms with E-state index in [2.05, 4.69) is 15.9 Å². The van der Waals surface area contributed by atoms with Crippen molar-refractivity contribution in [3.63, 3.8) is 0 Å². The van der Waals surface area contributed by atoms with E-state index in [0.29, 0.717) is 15.8 Å². The Kier molecular flexibility index (Phi) is 3.88. The predicted octanol–water partition coefficient (Wildman–Crippen LogP) is 2.30. The lowest BCUT2D eigenvalue weighted by molar-refractivity contribution is 0.0966. The molecule has 15 heavy (non-hydrogen) atoms. The number of benzene rings is 1. The van der Waals surface area contributed by atoms with E-state index in [9.17, 15) is 4.79 Å². The minimum absolute atomic E-state index is 0.0849. The van der Waals surface area contributed by atoms with Crippen LogP contribution in [0.2, 0.25) is 0 Å². The summed E-state index contributed by atoms with van der Waals surface area (Å²) in [7, 11) is 1.57. The molecule has 0 amide bonds. The van der Waals surface area contributed by atoms with Gasteiger partial charge in [0.15, 0.2) is 5.78 Å². The maximum atomic E-state index is 11.8. The lowest BCUT2D eigenvalue weighted by atomic mass is 10.0. The number of methoxy groups -OCH3 is 1. The summed E-state index contributed by atoms with van der Waals surface area (Å²) in [6, 6.07) is 3.16. The van der Waals surface area contributed by atoms with Crippen molar-refractivity contribution in [3.8, 4) is 5.75 Å². The molecular formula is C11H14BrNO2. The molecule has 0 saturated carbocycles. The van der Waals surface area contributed by atoms with Gasteiger partial charge in [-0.25, -0.2) is 0 Å². The Morgan fingerprint density at radius 2 is 2.13 bits per heavy atom. The molecule has 0 aliphatic heterocycles. The van der Waals surface area contributed by atoms with Gasteiger partial charge >= 0.3 is 0 Å². The summed E-state index contributed by atoms with van der Waals surface area (Å²) in [5, 5.41) is 0. The largest absolute Gasteiger partial charge is 0.496 e. The van der Waals surface area contributed by atoms with Gasteiger partial charge in [-0.2, -0.15) is 0 Å². The van der Waals surface area contributed by atoms with Gasteiger partial charge in [0.25, 0.3) is 0 Å². The highest BCUT2D eigenvalue weighted by atomic mass is 79.9. The average Bonchev–Trinajstić information content (AvgIpc) is 2.17. The van der Waals surface area contributed by atoms with E-state index in [4.69, 9.17) is 10.5 Å². The number of aryl methyl sites for hydroxylation is 1. The van der Waals surface area contributed by atoms with Crippen LogP contribution in [0.5, 0.6) is 5.75 Å². The molecule has 0 bridgehead atoms. The molecule has 1 rings (SSSR count). The van der Waals surface area contributed by atoms with Crippen molar-refractivity contribution in [2.75, 3.05) is 7.11 Å². The Morgan fingerprint density at radius 1 is 1.53 bits per heavy atom. The SMILES string of the molecule is COc1ccc(C)c(C(=O)C(C)N)c1Br. The van der Waals surface area contributed by atoms with E-state index in [0.717, 1.165) is 5.56 Å². The molecule has 82 valence electrons. The number of ether oxygens (including phenoxy) is 1. The molecule has 2 N–H and O–H groups in total. The number of hydrogen-bond acceptors (Lipinski definition) is 3. The lowest BCUT2D eigenvalue weighted by Gasteiger charge is -2.12. The topological polar surface area (TPSA) is 52.3 Å². The van der Waals surface area contributed by atoms with Gasteiger partial charge in [0.1, 0.15) is 5.75 Å². The van der Waals surface area contributed by atoms with Crippen LogP contribution in [0.1, 0.15) is 22.8 Å². The van der Waals surface area contributed by atoms with Crippen LogP contribution in [-0.4, -0.2) is 18.9 Å². The summed E-state index contributed by atoms with van der Waals surface area (Å²) in [6.45, 7) is 3.55. The van der Waals surface area contributed by atoms with Crippen LogP contribution in [-0.2, 0) is 0 Å². The monoisotopic (exact) mass is 271 g/mol. The van der Waals surface area contributed by atoms with Gasteiger partial charge in [0.05, 0.1) is 17.6 Å². The number of carbonyl (C=O) groups excluding carboxylic acids is 1. The summed E-state index contributed by atoms with van der Waals surface area (Å²) in [5.74, 6) is 0.558. The Hall–Kier alpha value is -0.870. The second-order valence-corrected chi connectivity index (χ2v) is 4.22. The first-order valence-electron chi connectivity index (χ1n) is 4.62. The van der Waals surface area contributed by atoms with Gasteiger partial charge in [-0.05, 0) is 41.4 Å². The van der Waals surface area contributed by atoms with Crippen LogP contribution >= 0.6 is 15.9 Å². The normalized spacial score (nSPS) is 12.3. The van der Waals surface area contributed by atoms with E-state index in [1.807, 2.05) is 19.1 Å². The molecule has 0 radical (unpaired) electrons. The van der Waals surface area contributed by atoms with E-state index in [1.165, 1.54) is 0 Å². The van der Waals surface area contributed by atoms with Crippen LogP contribution < -0.4 is 10.5 Å². The van der Waals surface area contributed by atoms with Crippen molar-refractivity contribution in [2.24, 2.45) is 5.73 Å². The first kappa shape index (κ1) is 12.2. The number of halogens is 1. The lowest BCUT2D eigenvalue weighted by Crippen LogP contribution is -2.27. The van der Waals surface area contributed by atoms with Gasteiger partial charge in [-0.1, -0.05) is 6.07 Å². The van der Waals surface area contributed by atoms with E-state index in [1.54, 1.807) is 14.0 Å². The second-order valence-electron chi connectivity index (χ2n) is 3.43. The highest BCUT2D eigenvalue weighted by molar-refractivity contribution is 9.10. The minimum atomic E-state index is -0.507. The number of Topliss-reactive ketones (excluding diaryl/α,β-unsaturated/α-hetero) is 1. The Balaban J connectivity index is 3.33. The smallest absolute Gasteiger partial charge is 0.180 e. The zero-order valence-electron chi connectivity index (χ0n) is 9.00. The molecule has 3 nitrogen and oxygen atoms in total. The fraction of sp³-hybridized carbons (Fsp3) is 0.364. The minimum Gasteiger partial charge on any atom is -0.496 e. The molecule has 4 heteroatoms. The fourth-order valence-corrected chi connectivity index (χ4v) is 2.14. The fourth-order valence-electron chi connectivity index (χ4n) is 1.34. The quantitative estimate of drug-likeness (QED) is 0.859. The summed E-state index contributed by atoms with van der Waals surface area (Å²) in [5.41, 5.74) is 7.08. The van der Waals surface area contributed by atoms with Crippen molar-refractivity contribution < 1.29 is 9.53 Å². The van der Waals surface area contributed by atoms with Crippen LogP contribution in [0.25, 0.3) is 0 Å². The zero-order valence-corrected chi connectivity index (χ0v) is 10.6. The third-order valence-electron chi connectivity index (χ3n) is 2.19. The molecule has 0 heterocycles. The summed E-state index contributed by atoms with van der Waals surface area (Å²) < 4.78 is 5.80. The summed E-state index contributed by atoms with van der Waals surface area (Å²) >= 11 is 3.36. The van der Waals surface area contributed by atoms with Gasteiger partial charge in [0, 0.05) is 5.56 Å². The third kappa shape index (κ3) is 2.38. The third-order valence-corrected chi connectivity index (χ3v) is 2.98. The maximum Gasteiger partial charge on any atom is 0.180 e. The number of ketones is 1. The van der Waals surface area contributed by atoms with E-state index >= 15 is 0 Å². The molecule has 1 aromatic rings. The number of rotatable bonds is 3. The Morgan fingerprint density at radius 3 is 2.60 bits per heavy atom. The van der Waals surface area contributed by atoms with Crippen molar-refractivity contribution in [1.29, 1.82) is 0 Å². The molecule has 0 aliphatic carbocycles. The van der Waals surface area contributed by atoms with Crippen LogP contribution in [0.4, 0.5) is 0 Å². The first-order valence-corrected chi connectivity index (χ1v) is 5.41. The molecule has 1 aromatic carbocycles. The van der Waals surface area contributed by atoms with Crippen LogP contribution in [0, 0.1) is 6.92 Å². The van der Waals surface area contributed by atoms with Crippen molar-refractivity contribution in [3.05, 3.63) is 27.7 Å². The van der Waals surface area contributed by atoms with Crippen LogP contribution in [0.15, 0.2) is 16.6 Å². The molecular weight excluding hydrogens is 258 g/mol. The average molecular weight is 272 g/mol. The molecule has 0 fully saturated rings.